The molecule has 0 aliphatic rings. The fraction of sp³-hybridized carbons (Fsp3) is 0.0667. The van der Waals surface area contributed by atoms with Gasteiger partial charge in [-0.3, -0.25) is 9.59 Å². The first-order valence-corrected chi connectivity index (χ1v) is 5.99. The monoisotopic (exact) mass is 272 g/mol. The number of carbonyl (C=O) groups excluding carboxylic acids is 2. The van der Waals surface area contributed by atoms with Gasteiger partial charge in [0.05, 0.1) is 17.8 Å². The van der Waals surface area contributed by atoms with E-state index in [1.165, 1.54) is 12.1 Å². The van der Waals surface area contributed by atoms with Gasteiger partial charge in [-0.05, 0) is 18.2 Å². The number of Topliss-reactive ketones (excluding diaryl/α,β-unsaturated/α-hetero) is 1. The molecule has 0 aliphatic heterocycles. The highest BCUT2D eigenvalue weighted by atomic mass is 19.1. The van der Waals surface area contributed by atoms with E-state index in [1.54, 1.807) is 30.3 Å². The predicted octanol–water partition coefficient (Wildman–Crippen LogP) is 2.62. The van der Waals surface area contributed by atoms with Gasteiger partial charge in [0.15, 0.2) is 5.78 Å². The lowest BCUT2D eigenvalue weighted by atomic mass is 10.1. The van der Waals surface area contributed by atoms with Gasteiger partial charge in [-0.1, -0.05) is 30.3 Å². The number of nitrogens with two attached hydrogens (primary N) is 1. The zero-order chi connectivity index (χ0) is 14.5. The lowest BCUT2D eigenvalue weighted by molar-refractivity contribution is -0.115. The maximum absolute atomic E-state index is 12.9. The zero-order valence-corrected chi connectivity index (χ0v) is 10.6. The summed E-state index contributed by atoms with van der Waals surface area (Å²) in [7, 11) is 0. The Morgan fingerprint density at radius 3 is 2.45 bits per heavy atom. The van der Waals surface area contributed by atoms with E-state index in [-0.39, 0.29) is 23.6 Å². The molecule has 3 N–H and O–H groups in total. The molecule has 0 atom stereocenters. The van der Waals surface area contributed by atoms with Gasteiger partial charge in [0.25, 0.3) is 0 Å². The Kier molecular flexibility index (Phi) is 4.10. The minimum absolute atomic E-state index is 0.116. The summed E-state index contributed by atoms with van der Waals surface area (Å²) in [6.07, 6.45) is -0.291. The molecule has 0 unspecified atom stereocenters. The van der Waals surface area contributed by atoms with Gasteiger partial charge in [-0.25, -0.2) is 4.39 Å². The van der Waals surface area contributed by atoms with E-state index in [0.717, 1.165) is 6.07 Å². The largest absolute Gasteiger partial charge is 0.397 e. The molecule has 102 valence electrons. The number of hydrogen-bond acceptors (Lipinski definition) is 3. The highest BCUT2D eigenvalue weighted by Gasteiger charge is 2.12. The fourth-order valence-corrected chi connectivity index (χ4v) is 1.71. The van der Waals surface area contributed by atoms with Crippen molar-refractivity contribution in [1.82, 2.24) is 0 Å². The quantitative estimate of drug-likeness (QED) is 0.510. The molecule has 20 heavy (non-hydrogen) atoms. The second-order valence-corrected chi connectivity index (χ2v) is 4.25. The van der Waals surface area contributed by atoms with Crippen LogP contribution in [-0.4, -0.2) is 11.7 Å². The summed E-state index contributed by atoms with van der Waals surface area (Å²) in [4.78, 5) is 23.6. The van der Waals surface area contributed by atoms with E-state index in [1.807, 2.05) is 0 Å². The van der Waals surface area contributed by atoms with Crippen LogP contribution in [0, 0.1) is 5.82 Å². The molecule has 0 saturated carbocycles. The third-order valence-electron chi connectivity index (χ3n) is 2.70. The van der Waals surface area contributed by atoms with E-state index in [2.05, 4.69) is 5.32 Å². The van der Waals surface area contributed by atoms with Crippen molar-refractivity contribution in [2.45, 2.75) is 6.42 Å². The average molecular weight is 272 g/mol. The first-order valence-electron chi connectivity index (χ1n) is 5.99. The molecule has 0 saturated heterocycles. The summed E-state index contributed by atoms with van der Waals surface area (Å²) in [6.45, 7) is 0. The topological polar surface area (TPSA) is 72.2 Å². The van der Waals surface area contributed by atoms with Gasteiger partial charge in [0.1, 0.15) is 5.82 Å². The minimum atomic E-state index is -0.489. The normalized spacial score (nSPS) is 10.1. The van der Waals surface area contributed by atoms with Gasteiger partial charge >= 0.3 is 0 Å². The molecule has 0 aliphatic carbocycles. The van der Waals surface area contributed by atoms with Gasteiger partial charge in [0.2, 0.25) is 5.91 Å². The number of ketones is 1. The number of amides is 1. The van der Waals surface area contributed by atoms with Crippen molar-refractivity contribution in [3.63, 3.8) is 0 Å². The number of benzene rings is 2. The summed E-state index contributed by atoms with van der Waals surface area (Å²) >= 11 is 0. The van der Waals surface area contributed by atoms with Crippen molar-refractivity contribution in [3.8, 4) is 0 Å². The molecule has 0 heterocycles. The summed E-state index contributed by atoms with van der Waals surface area (Å²) in [5.41, 5.74) is 6.44. The summed E-state index contributed by atoms with van der Waals surface area (Å²) < 4.78 is 12.9. The van der Waals surface area contributed by atoms with Crippen LogP contribution < -0.4 is 11.1 Å². The Hall–Kier alpha value is -2.69. The van der Waals surface area contributed by atoms with Crippen LogP contribution in [0.15, 0.2) is 48.5 Å². The number of halogens is 1. The van der Waals surface area contributed by atoms with Crippen LogP contribution in [0.3, 0.4) is 0 Å². The van der Waals surface area contributed by atoms with E-state index >= 15 is 0 Å². The number of carbonyl (C=O) groups is 2. The summed E-state index contributed by atoms with van der Waals surface area (Å²) in [6, 6.07) is 12.2. The predicted molar refractivity (Wildman–Crippen MR) is 74.8 cm³/mol. The Bertz CT molecular complexity index is 642. The zero-order valence-electron chi connectivity index (χ0n) is 10.6. The van der Waals surface area contributed by atoms with Crippen LogP contribution in [-0.2, 0) is 4.79 Å². The number of anilines is 2. The van der Waals surface area contributed by atoms with Crippen molar-refractivity contribution < 1.29 is 14.0 Å². The fourth-order valence-electron chi connectivity index (χ4n) is 1.71. The summed E-state index contributed by atoms with van der Waals surface area (Å²) in [5.74, 6) is -1.26. The van der Waals surface area contributed by atoms with Crippen molar-refractivity contribution >= 4 is 23.1 Å². The number of rotatable bonds is 4. The molecule has 2 aromatic carbocycles. The van der Waals surface area contributed by atoms with Crippen LogP contribution in [0.2, 0.25) is 0 Å². The number of nitrogens with one attached hydrogen (secondary N) is 1. The number of nitrogen functional groups attached to an aromatic ring is 1. The molecule has 2 rings (SSSR count). The second-order valence-electron chi connectivity index (χ2n) is 4.25. The lowest BCUT2D eigenvalue weighted by Gasteiger charge is -2.07. The third-order valence-corrected chi connectivity index (χ3v) is 2.70. The molecular weight excluding hydrogens is 259 g/mol. The standard InChI is InChI=1S/C15H13FN2O2/c16-11-6-7-13(12(17)8-11)18-15(20)9-14(19)10-4-2-1-3-5-10/h1-8H,9,17H2,(H,18,20). The molecule has 0 bridgehead atoms. The van der Waals surface area contributed by atoms with Crippen molar-refractivity contribution in [3.05, 3.63) is 59.9 Å². The van der Waals surface area contributed by atoms with Crippen molar-refractivity contribution in [2.75, 3.05) is 11.1 Å². The third kappa shape index (κ3) is 3.41. The van der Waals surface area contributed by atoms with Gasteiger partial charge < -0.3 is 11.1 Å². The highest BCUT2D eigenvalue weighted by molar-refractivity contribution is 6.11. The molecule has 1 amide bonds. The van der Waals surface area contributed by atoms with Crippen LogP contribution >= 0.6 is 0 Å². The number of hydrogen-bond donors (Lipinski definition) is 2. The van der Waals surface area contributed by atoms with E-state index in [0.29, 0.717) is 5.56 Å². The Morgan fingerprint density at radius 1 is 1.10 bits per heavy atom. The van der Waals surface area contributed by atoms with Crippen LogP contribution in [0.5, 0.6) is 0 Å². The Labute approximate surface area is 115 Å². The van der Waals surface area contributed by atoms with Crippen molar-refractivity contribution in [1.29, 1.82) is 0 Å². The van der Waals surface area contributed by atoms with Crippen LogP contribution in [0.25, 0.3) is 0 Å². The van der Waals surface area contributed by atoms with E-state index in [4.69, 9.17) is 5.73 Å². The molecule has 5 heteroatoms. The lowest BCUT2D eigenvalue weighted by Crippen LogP contribution is -2.17. The molecule has 0 fully saturated rings. The van der Waals surface area contributed by atoms with Crippen LogP contribution in [0.1, 0.15) is 16.8 Å². The molecule has 2 aromatic rings. The SMILES string of the molecule is Nc1cc(F)ccc1NC(=O)CC(=O)c1ccccc1. The van der Waals surface area contributed by atoms with Crippen molar-refractivity contribution in [2.24, 2.45) is 0 Å². The second kappa shape index (κ2) is 5.97. The molecule has 4 nitrogen and oxygen atoms in total. The molecule has 0 spiro atoms. The van der Waals surface area contributed by atoms with Gasteiger partial charge in [-0.15, -0.1) is 0 Å². The van der Waals surface area contributed by atoms with Crippen LogP contribution in [0.4, 0.5) is 15.8 Å². The maximum Gasteiger partial charge on any atom is 0.232 e. The van der Waals surface area contributed by atoms with E-state index < -0.39 is 11.7 Å². The van der Waals surface area contributed by atoms with E-state index in [9.17, 15) is 14.0 Å². The van der Waals surface area contributed by atoms with Gasteiger partial charge in [-0.2, -0.15) is 0 Å². The first kappa shape index (κ1) is 13.7. The molecular formula is C15H13FN2O2. The maximum atomic E-state index is 12.9. The minimum Gasteiger partial charge on any atom is -0.397 e. The highest BCUT2D eigenvalue weighted by Crippen LogP contribution is 2.19. The Morgan fingerprint density at radius 2 is 1.80 bits per heavy atom. The molecule has 0 radical (unpaired) electrons. The smallest absolute Gasteiger partial charge is 0.232 e. The molecule has 0 aromatic heterocycles. The first-order chi connectivity index (χ1) is 9.56. The summed E-state index contributed by atoms with van der Waals surface area (Å²) in [5, 5.41) is 2.49. The van der Waals surface area contributed by atoms with Gasteiger partial charge in [0, 0.05) is 5.56 Å². The Balaban J connectivity index is 2.01. The average Bonchev–Trinajstić information content (AvgIpc) is 2.43.